The zero-order chi connectivity index (χ0) is 16.1. The number of nitrogens with two attached hydrogens (primary N) is 1. The van der Waals surface area contributed by atoms with E-state index in [2.05, 4.69) is 10.6 Å². The first-order valence-corrected chi connectivity index (χ1v) is 6.18. The van der Waals surface area contributed by atoms with Gasteiger partial charge in [0.25, 0.3) is 11.6 Å². The Balaban J connectivity index is 2.05. The average molecular weight is 300 g/mol. The number of nitro benzene ring substituents is 1. The molecule has 8 heteroatoms. The monoisotopic (exact) mass is 300 g/mol. The minimum absolute atomic E-state index is 0.0848. The van der Waals surface area contributed by atoms with Crippen LogP contribution in [0.3, 0.4) is 0 Å². The van der Waals surface area contributed by atoms with Gasteiger partial charge in [-0.15, -0.1) is 0 Å². The van der Waals surface area contributed by atoms with Gasteiger partial charge >= 0.3 is 6.03 Å². The largest absolute Gasteiger partial charge is 0.351 e. The van der Waals surface area contributed by atoms with E-state index in [0.717, 1.165) is 0 Å². The van der Waals surface area contributed by atoms with E-state index in [-0.39, 0.29) is 5.69 Å². The zero-order valence-electron chi connectivity index (χ0n) is 11.3. The molecule has 0 aromatic heterocycles. The molecule has 4 N–H and O–H groups in total. The molecule has 0 heterocycles. The van der Waals surface area contributed by atoms with E-state index in [4.69, 9.17) is 5.73 Å². The highest BCUT2D eigenvalue weighted by atomic mass is 16.6. The van der Waals surface area contributed by atoms with Gasteiger partial charge in [0.15, 0.2) is 0 Å². The van der Waals surface area contributed by atoms with Gasteiger partial charge in [0.2, 0.25) is 0 Å². The highest BCUT2D eigenvalue weighted by Crippen LogP contribution is 2.16. The number of anilines is 2. The topological polar surface area (TPSA) is 127 Å². The Bertz CT molecular complexity index is 711. The van der Waals surface area contributed by atoms with Gasteiger partial charge in [-0.3, -0.25) is 14.9 Å². The van der Waals surface area contributed by atoms with Gasteiger partial charge in [-0.2, -0.15) is 0 Å². The third-order valence-corrected chi connectivity index (χ3v) is 2.75. The van der Waals surface area contributed by atoms with Crippen molar-refractivity contribution in [1.29, 1.82) is 0 Å². The van der Waals surface area contributed by atoms with Gasteiger partial charge in [-0.1, -0.05) is 0 Å². The molecule has 0 bridgehead atoms. The standard InChI is InChI=1S/C14H12N4O4/c15-14(20)17-11-5-3-10(4-6-11)16-13(19)9-1-7-12(8-2-9)18(21)22/h1-8H,(H,16,19)(H3,15,17,20). The fourth-order valence-electron chi connectivity index (χ4n) is 1.72. The van der Waals surface area contributed by atoms with E-state index in [0.29, 0.717) is 16.9 Å². The Morgan fingerprint density at radius 1 is 0.909 bits per heavy atom. The Kier molecular flexibility index (Phi) is 4.33. The van der Waals surface area contributed by atoms with E-state index < -0.39 is 16.9 Å². The van der Waals surface area contributed by atoms with Crippen LogP contribution in [0.2, 0.25) is 0 Å². The van der Waals surface area contributed by atoms with Crippen LogP contribution in [0.15, 0.2) is 48.5 Å². The number of nitro groups is 1. The number of primary amides is 1. The lowest BCUT2D eigenvalue weighted by Gasteiger charge is -2.07. The molecule has 0 aliphatic carbocycles. The fraction of sp³-hybridized carbons (Fsp3) is 0. The number of rotatable bonds is 4. The van der Waals surface area contributed by atoms with E-state index in [1.54, 1.807) is 24.3 Å². The van der Waals surface area contributed by atoms with Gasteiger partial charge in [-0.05, 0) is 36.4 Å². The summed E-state index contributed by atoms with van der Waals surface area (Å²) in [6, 6.07) is 10.9. The first kappa shape index (κ1) is 15.0. The van der Waals surface area contributed by atoms with Crippen molar-refractivity contribution in [3.8, 4) is 0 Å². The number of carbonyl (C=O) groups is 2. The number of nitrogens with zero attached hydrogens (tertiary/aromatic N) is 1. The summed E-state index contributed by atoms with van der Waals surface area (Å²) in [6.07, 6.45) is 0. The number of amides is 3. The van der Waals surface area contributed by atoms with Crippen molar-refractivity contribution in [2.45, 2.75) is 0 Å². The van der Waals surface area contributed by atoms with Crippen molar-refractivity contribution in [3.63, 3.8) is 0 Å². The SMILES string of the molecule is NC(=O)Nc1ccc(NC(=O)c2ccc([N+](=O)[O-])cc2)cc1. The first-order chi connectivity index (χ1) is 10.5. The van der Waals surface area contributed by atoms with Crippen molar-refractivity contribution in [2.24, 2.45) is 5.73 Å². The van der Waals surface area contributed by atoms with Crippen LogP contribution in [0.25, 0.3) is 0 Å². The summed E-state index contributed by atoms with van der Waals surface area (Å²) < 4.78 is 0. The summed E-state index contributed by atoms with van der Waals surface area (Å²) in [4.78, 5) is 32.7. The molecule has 0 aliphatic heterocycles. The van der Waals surface area contributed by atoms with Gasteiger partial charge in [-0.25, -0.2) is 4.79 Å². The second-order valence-electron chi connectivity index (χ2n) is 4.32. The van der Waals surface area contributed by atoms with Crippen molar-refractivity contribution < 1.29 is 14.5 Å². The van der Waals surface area contributed by atoms with E-state index in [1.165, 1.54) is 24.3 Å². The van der Waals surface area contributed by atoms with E-state index in [1.807, 2.05) is 0 Å². The maximum absolute atomic E-state index is 12.0. The molecule has 2 aromatic rings. The van der Waals surface area contributed by atoms with Crippen LogP contribution in [0.5, 0.6) is 0 Å². The number of carbonyl (C=O) groups excluding carboxylic acids is 2. The Hall–Kier alpha value is -3.42. The van der Waals surface area contributed by atoms with Crippen molar-refractivity contribution in [2.75, 3.05) is 10.6 Å². The lowest BCUT2D eigenvalue weighted by atomic mass is 10.2. The highest BCUT2D eigenvalue weighted by molar-refractivity contribution is 6.04. The number of hydrogen-bond acceptors (Lipinski definition) is 4. The smallest absolute Gasteiger partial charge is 0.316 e. The molecule has 0 unspecified atom stereocenters. The van der Waals surface area contributed by atoms with Crippen LogP contribution in [-0.4, -0.2) is 16.9 Å². The molecule has 2 rings (SSSR count). The lowest BCUT2D eigenvalue weighted by molar-refractivity contribution is -0.384. The molecule has 0 fully saturated rings. The summed E-state index contributed by atoms with van der Waals surface area (Å²) in [6.45, 7) is 0. The molecule has 3 amide bonds. The maximum Gasteiger partial charge on any atom is 0.316 e. The summed E-state index contributed by atoms with van der Waals surface area (Å²) in [5.41, 5.74) is 6.21. The minimum atomic E-state index is -0.678. The number of urea groups is 1. The van der Waals surface area contributed by atoms with Gasteiger partial charge in [0, 0.05) is 29.1 Å². The maximum atomic E-state index is 12.0. The molecule has 0 atom stereocenters. The quantitative estimate of drug-likeness (QED) is 0.591. The molecule has 22 heavy (non-hydrogen) atoms. The van der Waals surface area contributed by atoms with Crippen LogP contribution in [0.4, 0.5) is 21.9 Å². The third-order valence-electron chi connectivity index (χ3n) is 2.75. The number of nitrogens with one attached hydrogen (secondary N) is 2. The van der Waals surface area contributed by atoms with Gasteiger partial charge in [0.05, 0.1) is 4.92 Å². The van der Waals surface area contributed by atoms with E-state index >= 15 is 0 Å². The van der Waals surface area contributed by atoms with Crippen LogP contribution in [0.1, 0.15) is 10.4 Å². The second-order valence-corrected chi connectivity index (χ2v) is 4.32. The molecule has 0 spiro atoms. The van der Waals surface area contributed by atoms with Crippen LogP contribution in [-0.2, 0) is 0 Å². The molecule has 2 aromatic carbocycles. The first-order valence-electron chi connectivity index (χ1n) is 6.18. The predicted octanol–water partition coefficient (Wildman–Crippen LogP) is 2.34. The molecule has 0 saturated heterocycles. The number of benzene rings is 2. The van der Waals surface area contributed by atoms with Crippen LogP contribution < -0.4 is 16.4 Å². The lowest BCUT2D eigenvalue weighted by Crippen LogP contribution is -2.19. The Morgan fingerprint density at radius 2 is 1.41 bits per heavy atom. The molecule has 0 radical (unpaired) electrons. The zero-order valence-corrected chi connectivity index (χ0v) is 11.3. The molecule has 0 saturated carbocycles. The van der Waals surface area contributed by atoms with Gasteiger partial charge < -0.3 is 16.4 Å². The summed E-state index contributed by atoms with van der Waals surface area (Å²) in [5.74, 6) is -0.398. The third kappa shape index (κ3) is 3.79. The summed E-state index contributed by atoms with van der Waals surface area (Å²) in [5, 5.41) is 15.6. The number of non-ortho nitro benzene ring substituents is 1. The van der Waals surface area contributed by atoms with Crippen molar-refractivity contribution >= 4 is 29.0 Å². The normalized spacial score (nSPS) is 9.82. The minimum Gasteiger partial charge on any atom is -0.351 e. The Labute approximate surface area is 125 Å². The van der Waals surface area contributed by atoms with Crippen molar-refractivity contribution in [1.82, 2.24) is 0 Å². The molecule has 112 valence electrons. The number of hydrogen-bond donors (Lipinski definition) is 3. The average Bonchev–Trinajstić information content (AvgIpc) is 2.49. The highest BCUT2D eigenvalue weighted by Gasteiger charge is 2.09. The Morgan fingerprint density at radius 3 is 1.86 bits per heavy atom. The van der Waals surface area contributed by atoms with E-state index in [9.17, 15) is 19.7 Å². The summed E-state index contributed by atoms with van der Waals surface area (Å²) >= 11 is 0. The van der Waals surface area contributed by atoms with Crippen LogP contribution >= 0.6 is 0 Å². The molecule has 8 nitrogen and oxygen atoms in total. The fourth-order valence-corrected chi connectivity index (χ4v) is 1.72. The van der Waals surface area contributed by atoms with Crippen molar-refractivity contribution in [3.05, 3.63) is 64.2 Å². The molecular weight excluding hydrogens is 288 g/mol. The molecule has 0 aliphatic rings. The van der Waals surface area contributed by atoms with Crippen LogP contribution in [0, 0.1) is 10.1 Å². The predicted molar refractivity (Wildman–Crippen MR) is 80.7 cm³/mol. The summed E-state index contributed by atoms with van der Waals surface area (Å²) in [7, 11) is 0. The molecular formula is C14H12N4O4. The second kappa shape index (κ2) is 6.35. The van der Waals surface area contributed by atoms with Gasteiger partial charge in [0.1, 0.15) is 0 Å².